The van der Waals surface area contributed by atoms with E-state index in [1.807, 2.05) is 0 Å². The highest BCUT2D eigenvalue weighted by molar-refractivity contribution is 6.39. The highest BCUT2D eigenvalue weighted by Crippen LogP contribution is 2.27. The number of nitrogens with zero attached hydrogens (tertiary/aromatic N) is 1. The van der Waals surface area contributed by atoms with Crippen LogP contribution in [0.4, 0.5) is 10.5 Å². The van der Waals surface area contributed by atoms with Gasteiger partial charge in [-0.05, 0) is 48.0 Å². The first-order valence-corrected chi connectivity index (χ1v) is 7.43. The van der Waals surface area contributed by atoms with E-state index in [0.717, 1.165) is 4.90 Å². The molecular weight excluding hydrogens is 348 g/mol. The molecule has 0 saturated carbocycles. The Labute approximate surface area is 146 Å². The average Bonchev–Trinajstić information content (AvgIpc) is 2.56. The molecule has 4 amide bonds. The first kappa shape index (κ1) is 16.5. The normalized spacial score (nSPS) is 16.3. The average molecular weight is 359 g/mol. The summed E-state index contributed by atoms with van der Waals surface area (Å²) in [5.74, 6) is -1.82. The number of phenolic OH excluding ortho intramolecular Hbond substituents is 2. The van der Waals surface area contributed by atoms with Crippen LogP contribution in [0.2, 0.25) is 5.02 Å². The minimum absolute atomic E-state index is 0.0285. The van der Waals surface area contributed by atoms with Crippen molar-refractivity contribution in [2.75, 3.05) is 4.90 Å². The van der Waals surface area contributed by atoms with Crippen molar-refractivity contribution in [2.24, 2.45) is 0 Å². The second kappa shape index (κ2) is 6.29. The van der Waals surface area contributed by atoms with E-state index >= 15 is 0 Å². The molecule has 0 aromatic heterocycles. The molecule has 1 saturated heterocycles. The second-order valence-corrected chi connectivity index (χ2v) is 5.59. The number of aromatic hydroxyl groups is 2. The largest absolute Gasteiger partial charge is 0.508 e. The first-order chi connectivity index (χ1) is 11.9. The summed E-state index contributed by atoms with van der Waals surface area (Å²) in [6.07, 6.45) is 1.27. The molecule has 25 heavy (non-hydrogen) atoms. The van der Waals surface area contributed by atoms with Gasteiger partial charge in [0.2, 0.25) is 0 Å². The van der Waals surface area contributed by atoms with Crippen molar-refractivity contribution in [3.63, 3.8) is 0 Å². The van der Waals surface area contributed by atoms with Gasteiger partial charge in [-0.3, -0.25) is 14.9 Å². The zero-order valence-corrected chi connectivity index (χ0v) is 13.3. The van der Waals surface area contributed by atoms with Crippen LogP contribution < -0.4 is 10.2 Å². The van der Waals surface area contributed by atoms with Crippen LogP contribution in [0.25, 0.3) is 6.08 Å². The van der Waals surface area contributed by atoms with E-state index < -0.39 is 17.8 Å². The Morgan fingerprint density at radius 2 is 1.68 bits per heavy atom. The van der Waals surface area contributed by atoms with Crippen LogP contribution in [0.3, 0.4) is 0 Å². The van der Waals surface area contributed by atoms with Gasteiger partial charge in [-0.15, -0.1) is 0 Å². The molecule has 8 heteroatoms. The molecule has 0 atom stereocenters. The topological polar surface area (TPSA) is 107 Å². The number of nitrogens with one attached hydrogen (secondary N) is 1. The molecule has 2 aromatic carbocycles. The van der Waals surface area contributed by atoms with E-state index in [9.17, 15) is 24.6 Å². The fourth-order valence-corrected chi connectivity index (χ4v) is 2.46. The summed E-state index contributed by atoms with van der Waals surface area (Å²) in [5.41, 5.74) is 0.332. The maximum absolute atomic E-state index is 12.6. The molecule has 1 fully saturated rings. The Morgan fingerprint density at radius 1 is 1.00 bits per heavy atom. The summed E-state index contributed by atoms with van der Waals surface area (Å²) in [5, 5.41) is 20.9. The van der Waals surface area contributed by atoms with Crippen molar-refractivity contribution in [3.8, 4) is 11.5 Å². The van der Waals surface area contributed by atoms with E-state index in [1.165, 1.54) is 48.5 Å². The Morgan fingerprint density at radius 3 is 2.32 bits per heavy atom. The number of carbonyl (C=O) groups excluding carboxylic acids is 3. The lowest BCUT2D eigenvalue weighted by molar-refractivity contribution is -0.122. The zero-order chi connectivity index (χ0) is 18.1. The van der Waals surface area contributed by atoms with Crippen molar-refractivity contribution in [1.29, 1.82) is 0 Å². The van der Waals surface area contributed by atoms with Crippen LogP contribution in [0.1, 0.15) is 5.56 Å². The third kappa shape index (κ3) is 3.17. The Balaban J connectivity index is 2.01. The van der Waals surface area contributed by atoms with Gasteiger partial charge in [-0.25, -0.2) is 9.69 Å². The summed E-state index contributed by atoms with van der Waals surface area (Å²) in [7, 11) is 0. The van der Waals surface area contributed by atoms with Gasteiger partial charge < -0.3 is 10.2 Å². The zero-order valence-electron chi connectivity index (χ0n) is 12.6. The summed E-state index contributed by atoms with van der Waals surface area (Å²) >= 11 is 5.81. The molecule has 0 bridgehead atoms. The molecule has 0 radical (unpaired) electrons. The van der Waals surface area contributed by atoms with Crippen LogP contribution in [0, 0.1) is 0 Å². The van der Waals surface area contributed by atoms with Crippen LogP contribution in [-0.4, -0.2) is 28.1 Å². The van der Waals surface area contributed by atoms with E-state index in [4.69, 9.17) is 11.6 Å². The van der Waals surface area contributed by atoms with E-state index in [0.29, 0.717) is 5.56 Å². The fourth-order valence-electron chi connectivity index (χ4n) is 2.27. The number of halogens is 1. The molecule has 126 valence electrons. The van der Waals surface area contributed by atoms with Gasteiger partial charge >= 0.3 is 6.03 Å². The lowest BCUT2D eigenvalue weighted by Crippen LogP contribution is -2.54. The Hall–Kier alpha value is -3.32. The predicted molar refractivity (Wildman–Crippen MR) is 90.2 cm³/mol. The maximum Gasteiger partial charge on any atom is 0.335 e. The van der Waals surface area contributed by atoms with Gasteiger partial charge in [0.1, 0.15) is 17.1 Å². The SMILES string of the molecule is O=C1NC(=O)N(c2ccc(O)cc2)C(=O)/C1=C/c1ccc(O)c(Cl)c1. The summed E-state index contributed by atoms with van der Waals surface area (Å²) in [4.78, 5) is 37.5. The number of imide groups is 2. The molecule has 0 spiro atoms. The molecular formula is C17H11ClN2O5. The molecule has 0 unspecified atom stereocenters. The second-order valence-electron chi connectivity index (χ2n) is 5.19. The van der Waals surface area contributed by atoms with E-state index in [2.05, 4.69) is 5.32 Å². The summed E-state index contributed by atoms with van der Waals surface area (Å²) in [6.45, 7) is 0. The molecule has 2 aromatic rings. The number of anilines is 1. The minimum Gasteiger partial charge on any atom is -0.508 e. The van der Waals surface area contributed by atoms with Crippen LogP contribution in [0.5, 0.6) is 11.5 Å². The number of barbiturate groups is 1. The molecule has 1 aliphatic heterocycles. The van der Waals surface area contributed by atoms with Gasteiger partial charge in [0, 0.05) is 0 Å². The monoisotopic (exact) mass is 358 g/mol. The number of benzene rings is 2. The molecule has 3 rings (SSSR count). The number of urea groups is 1. The van der Waals surface area contributed by atoms with Crippen molar-refractivity contribution in [1.82, 2.24) is 5.32 Å². The third-order valence-corrected chi connectivity index (χ3v) is 3.80. The van der Waals surface area contributed by atoms with Crippen molar-refractivity contribution >= 4 is 41.2 Å². The number of hydrogen-bond donors (Lipinski definition) is 3. The van der Waals surface area contributed by atoms with Gasteiger partial charge in [0.15, 0.2) is 0 Å². The lowest BCUT2D eigenvalue weighted by atomic mass is 10.1. The van der Waals surface area contributed by atoms with Crippen LogP contribution in [0.15, 0.2) is 48.0 Å². The first-order valence-electron chi connectivity index (χ1n) is 7.06. The molecule has 0 aliphatic carbocycles. The molecule has 3 N–H and O–H groups in total. The van der Waals surface area contributed by atoms with E-state index in [1.54, 1.807) is 0 Å². The number of carbonyl (C=O) groups is 3. The van der Waals surface area contributed by atoms with Crippen LogP contribution in [-0.2, 0) is 9.59 Å². The summed E-state index contributed by atoms with van der Waals surface area (Å²) < 4.78 is 0. The molecule has 1 aliphatic rings. The lowest BCUT2D eigenvalue weighted by Gasteiger charge is -2.26. The number of amides is 4. The van der Waals surface area contributed by atoms with Crippen LogP contribution >= 0.6 is 11.6 Å². The van der Waals surface area contributed by atoms with Gasteiger partial charge in [-0.2, -0.15) is 0 Å². The summed E-state index contributed by atoms with van der Waals surface area (Å²) in [6, 6.07) is 8.66. The van der Waals surface area contributed by atoms with Gasteiger partial charge in [-0.1, -0.05) is 17.7 Å². The van der Waals surface area contributed by atoms with Crippen molar-refractivity contribution < 1.29 is 24.6 Å². The number of rotatable bonds is 2. The quantitative estimate of drug-likeness (QED) is 0.564. The Bertz CT molecular complexity index is 921. The third-order valence-electron chi connectivity index (χ3n) is 3.49. The van der Waals surface area contributed by atoms with Crippen molar-refractivity contribution in [2.45, 2.75) is 0 Å². The molecule has 1 heterocycles. The maximum atomic E-state index is 12.6. The Kier molecular flexibility index (Phi) is 4.16. The molecule has 7 nitrogen and oxygen atoms in total. The van der Waals surface area contributed by atoms with Gasteiger partial charge in [0.25, 0.3) is 11.8 Å². The van der Waals surface area contributed by atoms with E-state index in [-0.39, 0.29) is 27.8 Å². The smallest absolute Gasteiger partial charge is 0.335 e. The van der Waals surface area contributed by atoms with Gasteiger partial charge in [0.05, 0.1) is 10.7 Å². The minimum atomic E-state index is -0.887. The number of hydrogen-bond acceptors (Lipinski definition) is 5. The highest BCUT2D eigenvalue weighted by Gasteiger charge is 2.36. The predicted octanol–water partition coefficient (Wildman–Crippen LogP) is 2.42. The highest BCUT2D eigenvalue weighted by atomic mass is 35.5. The number of phenols is 2. The van der Waals surface area contributed by atoms with Crippen molar-refractivity contribution in [3.05, 3.63) is 58.6 Å². The standard InChI is InChI=1S/C17H11ClN2O5/c18-13-8-9(1-6-14(13)22)7-12-15(23)19-17(25)20(16(12)24)10-2-4-11(21)5-3-10/h1-8,21-22H,(H,19,23,25)/b12-7+. The fraction of sp³-hybridized carbons (Fsp3) is 0.